The first-order valence-electron chi connectivity index (χ1n) is 7.34. The number of sulfonamides is 1. The summed E-state index contributed by atoms with van der Waals surface area (Å²) in [5.74, 6) is -1.14. The molecular weight excluding hydrogens is 359 g/mol. The molecule has 1 heterocycles. The van der Waals surface area contributed by atoms with Crippen molar-refractivity contribution in [3.63, 3.8) is 0 Å². The van der Waals surface area contributed by atoms with Gasteiger partial charge in [0.1, 0.15) is 11.1 Å². The number of rotatable bonds is 5. The molecule has 0 aromatic heterocycles. The normalized spacial score (nSPS) is 24.3. The molecule has 0 spiro atoms. The van der Waals surface area contributed by atoms with Gasteiger partial charge in [-0.25, -0.2) is 12.8 Å². The Morgan fingerprint density at radius 2 is 1.92 bits per heavy atom. The highest BCUT2D eigenvalue weighted by Crippen LogP contribution is 2.20. The van der Waals surface area contributed by atoms with Crippen LogP contribution in [0.3, 0.4) is 0 Å². The summed E-state index contributed by atoms with van der Waals surface area (Å²) in [6.07, 6.45) is 0. The van der Waals surface area contributed by atoms with Gasteiger partial charge in [-0.1, -0.05) is 11.6 Å². The molecule has 10 heteroatoms. The molecular formula is C14H20ClFN4O3S. The van der Waals surface area contributed by atoms with Crippen molar-refractivity contribution in [1.29, 1.82) is 0 Å². The largest absolute Gasteiger partial charge is 0.325 e. The van der Waals surface area contributed by atoms with Crippen molar-refractivity contribution >= 4 is 33.2 Å². The number of carbonyl (C=O) groups is 1. The monoisotopic (exact) mass is 378 g/mol. The summed E-state index contributed by atoms with van der Waals surface area (Å²) in [7, 11) is -2.33. The molecule has 0 aliphatic carbocycles. The van der Waals surface area contributed by atoms with Crippen LogP contribution >= 0.6 is 11.6 Å². The number of nitrogens with one attached hydrogen (secondary N) is 3. The van der Waals surface area contributed by atoms with Crippen molar-refractivity contribution < 1.29 is 17.6 Å². The smallest absolute Gasteiger partial charge is 0.239 e. The molecule has 1 aromatic rings. The third kappa shape index (κ3) is 4.04. The molecule has 134 valence electrons. The molecule has 1 aliphatic heterocycles. The number of anilines is 1. The topological polar surface area (TPSA) is 90.5 Å². The van der Waals surface area contributed by atoms with E-state index in [1.807, 2.05) is 0 Å². The first kappa shape index (κ1) is 19.1. The Labute approximate surface area is 145 Å². The number of likely N-dealkylation sites (N-methyl/N-ethyl adjacent to an activating group) is 1. The predicted molar refractivity (Wildman–Crippen MR) is 90.6 cm³/mol. The van der Waals surface area contributed by atoms with Crippen LogP contribution < -0.4 is 16.2 Å². The zero-order valence-corrected chi connectivity index (χ0v) is 15.1. The maximum atomic E-state index is 13.1. The number of hydrogen-bond acceptors (Lipinski definition) is 5. The number of amides is 1. The van der Waals surface area contributed by atoms with Crippen LogP contribution in [0, 0.1) is 5.82 Å². The third-order valence-electron chi connectivity index (χ3n) is 3.87. The highest BCUT2D eigenvalue weighted by Gasteiger charge is 2.42. The Hall–Kier alpha value is -1.26. The van der Waals surface area contributed by atoms with Gasteiger partial charge in [0.05, 0.1) is 11.6 Å². The van der Waals surface area contributed by atoms with Gasteiger partial charge in [-0.2, -0.15) is 4.31 Å². The van der Waals surface area contributed by atoms with Crippen LogP contribution in [0.25, 0.3) is 0 Å². The van der Waals surface area contributed by atoms with Crippen molar-refractivity contribution in [2.45, 2.75) is 31.2 Å². The predicted octanol–water partition coefficient (Wildman–Crippen LogP) is 0.933. The van der Waals surface area contributed by atoms with E-state index in [-0.39, 0.29) is 23.7 Å². The van der Waals surface area contributed by atoms with E-state index >= 15 is 0 Å². The summed E-state index contributed by atoms with van der Waals surface area (Å²) in [6, 6.07) is 3.16. The van der Waals surface area contributed by atoms with Gasteiger partial charge in [0.2, 0.25) is 15.9 Å². The van der Waals surface area contributed by atoms with E-state index in [9.17, 15) is 17.6 Å². The molecule has 1 aromatic carbocycles. The molecule has 1 saturated heterocycles. The number of halogens is 2. The van der Waals surface area contributed by atoms with Gasteiger partial charge in [-0.15, -0.1) is 0 Å². The van der Waals surface area contributed by atoms with Crippen LogP contribution in [-0.4, -0.2) is 49.6 Å². The summed E-state index contributed by atoms with van der Waals surface area (Å²) in [6.45, 7) is 3.16. The molecule has 2 unspecified atom stereocenters. The molecule has 0 bridgehead atoms. The number of carbonyl (C=O) groups excluding carboxylic acids is 1. The standard InChI is InChI=1S/C14H20ClFN4O3S/c1-8-14(9(2)19-18-8)24(22,23)20(3)7-13(21)17-10-4-5-12(16)11(15)6-10/h4-6,8-9,14,18-19H,7H2,1-3H3,(H,17,21). The van der Waals surface area contributed by atoms with Crippen LogP contribution in [0.5, 0.6) is 0 Å². The summed E-state index contributed by atoms with van der Waals surface area (Å²) in [5, 5.41) is 1.69. The fourth-order valence-electron chi connectivity index (χ4n) is 2.65. The lowest BCUT2D eigenvalue weighted by Crippen LogP contribution is -2.47. The van der Waals surface area contributed by atoms with Gasteiger partial charge < -0.3 is 5.32 Å². The molecule has 7 nitrogen and oxygen atoms in total. The second-order valence-corrected chi connectivity index (χ2v) is 8.41. The molecule has 1 amide bonds. The minimum Gasteiger partial charge on any atom is -0.325 e. The fraction of sp³-hybridized carbons (Fsp3) is 0.500. The van der Waals surface area contributed by atoms with Crippen molar-refractivity contribution in [3.8, 4) is 0 Å². The molecule has 2 atom stereocenters. The first-order valence-corrected chi connectivity index (χ1v) is 9.22. The quantitative estimate of drug-likeness (QED) is 0.709. The van der Waals surface area contributed by atoms with E-state index in [2.05, 4.69) is 16.2 Å². The number of nitrogens with zero attached hydrogens (tertiary/aromatic N) is 1. The Balaban J connectivity index is 2.04. The second kappa shape index (κ2) is 7.32. The van der Waals surface area contributed by atoms with E-state index in [1.54, 1.807) is 13.8 Å². The number of hydrogen-bond donors (Lipinski definition) is 3. The van der Waals surface area contributed by atoms with E-state index in [1.165, 1.54) is 19.2 Å². The molecule has 3 N–H and O–H groups in total. The molecule has 2 rings (SSSR count). The Morgan fingerprint density at radius 3 is 2.46 bits per heavy atom. The lowest BCUT2D eigenvalue weighted by Gasteiger charge is -2.25. The summed E-state index contributed by atoms with van der Waals surface area (Å²) in [5.41, 5.74) is 6.05. The number of hydrazine groups is 1. The van der Waals surface area contributed by atoms with Gasteiger partial charge in [-0.3, -0.25) is 15.6 Å². The average molecular weight is 379 g/mol. The Bertz CT molecular complexity index is 721. The van der Waals surface area contributed by atoms with Gasteiger partial charge in [-0.05, 0) is 32.0 Å². The first-order chi connectivity index (χ1) is 11.1. The van der Waals surface area contributed by atoms with Gasteiger partial charge in [0.15, 0.2) is 0 Å². The third-order valence-corrected chi connectivity index (χ3v) is 6.66. The number of benzene rings is 1. The van der Waals surface area contributed by atoms with Crippen LogP contribution in [0.1, 0.15) is 13.8 Å². The molecule has 0 saturated carbocycles. The Kier molecular flexibility index (Phi) is 5.82. The van der Waals surface area contributed by atoms with Crippen LogP contribution in [-0.2, 0) is 14.8 Å². The zero-order valence-electron chi connectivity index (χ0n) is 13.5. The fourth-order valence-corrected chi connectivity index (χ4v) is 4.71. The second-order valence-electron chi connectivity index (χ2n) is 5.81. The minimum atomic E-state index is -3.68. The lowest BCUT2D eigenvalue weighted by molar-refractivity contribution is -0.116. The van der Waals surface area contributed by atoms with Crippen molar-refractivity contribution in [1.82, 2.24) is 15.2 Å². The van der Waals surface area contributed by atoms with Gasteiger partial charge >= 0.3 is 0 Å². The summed E-state index contributed by atoms with van der Waals surface area (Å²) >= 11 is 5.65. The SMILES string of the molecule is CC1NNC(C)C1S(=O)(=O)N(C)CC(=O)Nc1ccc(F)c(Cl)c1. The van der Waals surface area contributed by atoms with Crippen molar-refractivity contribution in [2.24, 2.45) is 0 Å². The Morgan fingerprint density at radius 1 is 1.33 bits per heavy atom. The van der Waals surface area contributed by atoms with E-state index in [0.29, 0.717) is 5.69 Å². The average Bonchev–Trinajstić information content (AvgIpc) is 2.82. The molecule has 1 fully saturated rings. The van der Waals surface area contributed by atoms with Crippen LogP contribution in [0.4, 0.5) is 10.1 Å². The lowest BCUT2D eigenvalue weighted by atomic mass is 10.2. The molecule has 24 heavy (non-hydrogen) atoms. The highest BCUT2D eigenvalue weighted by atomic mass is 35.5. The zero-order chi connectivity index (χ0) is 18.1. The van der Waals surface area contributed by atoms with E-state index < -0.39 is 27.0 Å². The van der Waals surface area contributed by atoms with Crippen LogP contribution in [0.2, 0.25) is 5.02 Å². The van der Waals surface area contributed by atoms with Gasteiger partial charge in [0.25, 0.3) is 0 Å². The van der Waals surface area contributed by atoms with Gasteiger partial charge in [0, 0.05) is 24.8 Å². The van der Waals surface area contributed by atoms with E-state index in [0.717, 1.165) is 10.4 Å². The van der Waals surface area contributed by atoms with Crippen molar-refractivity contribution in [2.75, 3.05) is 18.9 Å². The maximum absolute atomic E-state index is 13.1. The van der Waals surface area contributed by atoms with Crippen molar-refractivity contribution in [3.05, 3.63) is 29.0 Å². The van der Waals surface area contributed by atoms with E-state index in [4.69, 9.17) is 11.6 Å². The highest BCUT2D eigenvalue weighted by molar-refractivity contribution is 7.89. The van der Waals surface area contributed by atoms with Crippen LogP contribution in [0.15, 0.2) is 18.2 Å². The maximum Gasteiger partial charge on any atom is 0.239 e. The summed E-state index contributed by atoms with van der Waals surface area (Å²) < 4.78 is 39.4. The molecule has 1 aliphatic rings. The summed E-state index contributed by atoms with van der Waals surface area (Å²) in [4.78, 5) is 12.1. The minimum absolute atomic E-state index is 0.125. The molecule has 0 radical (unpaired) electrons.